The second-order valence-electron chi connectivity index (χ2n) is 4.25. The molecule has 0 amide bonds. The summed E-state index contributed by atoms with van der Waals surface area (Å²) in [5.74, 6) is 6.85. The van der Waals surface area contributed by atoms with Gasteiger partial charge in [0.15, 0.2) is 0 Å². The number of hydrazine groups is 1. The highest BCUT2D eigenvalue weighted by Crippen LogP contribution is 2.20. The molecule has 0 fully saturated rings. The summed E-state index contributed by atoms with van der Waals surface area (Å²) in [5.41, 5.74) is 5.92. The lowest BCUT2D eigenvalue weighted by Gasteiger charge is -2.10. The van der Waals surface area contributed by atoms with Gasteiger partial charge in [-0.25, -0.2) is 10.8 Å². The maximum Gasteiger partial charge on any atom is 0.140 e. The van der Waals surface area contributed by atoms with Crippen LogP contribution in [0.4, 0.5) is 5.82 Å². The van der Waals surface area contributed by atoms with E-state index in [9.17, 15) is 0 Å². The van der Waals surface area contributed by atoms with E-state index in [4.69, 9.17) is 10.6 Å². The third-order valence-corrected chi connectivity index (χ3v) is 2.70. The van der Waals surface area contributed by atoms with Gasteiger partial charge >= 0.3 is 0 Å². The molecule has 94 valence electrons. The van der Waals surface area contributed by atoms with Gasteiger partial charge in [-0.2, -0.15) is 0 Å². The highest BCUT2D eigenvalue weighted by Gasteiger charge is 2.01. The molecule has 1 heterocycles. The van der Waals surface area contributed by atoms with Gasteiger partial charge in [-0.15, -0.1) is 0 Å². The van der Waals surface area contributed by atoms with E-state index in [1.807, 2.05) is 31.2 Å². The van der Waals surface area contributed by atoms with Gasteiger partial charge in [0.2, 0.25) is 0 Å². The predicted molar refractivity (Wildman–Crippen MR) is 72.3 cm³/mol. The number of nitrogens with zero attached hydrogens (tertiary/aromatic N) is 1. The maximum atomic E-state index is 5.78. The normalized spacial score (nSPS) is 10.2. The quantitative estimate of drug-likeness (QED) is 0.640. The van der Waals surface area contributed by atoms with E-state index in [0.717, 1.165) is 16.9 Å². The third kappa shape index (κ3) is 2.99. The molecule has 2 rings (SSSR count). The molecule has 0 aliphatic carbocycles. The Bertz CT molecular complexity index is 540. The molecule has 4 nitrogen and oxygen atoms in total. The highest BCUT2D eigenvalue weighted by molar-refractivity contribution is 5.37. The summed E-state index contributed by atoms with van der Waals surface area (Å²) in [6.07, 6.45) is 1.70. The highest BCUT2D eigenvalue weighted by atomic mass is 16.5. The Morgan fingerprint density at radius 2 is 2.06 bits per heavy atom. The van der Waals surface area contributed by atoms with E-state index < -0.39 is 0 Å². The molecule has 1 aromatic carbocycles. The third-order valence-electron chi connectivity index (χ3n) is 2.70. The SMILES string of the molecule is Cc1ccc(OCc2ccnc(NN)c2)c(C)c1. The molecule has 2 aromatic rings. The lowest BCUT2D eigenvalue weighted by Crippen LogP contribution is -2.09. The minimum absolute atomic E-state index is 0.501. The predicted octanol–water partition coefficient (Wildman–Crippen LogP) is 2.56. The van der Waals surface area contributed by atoms with Crippen molar-refractivity contribution in [2.75, 3.05) is 5.43 Å². The van der Waals surface area contributed by atoms with Crippen molar-refractivity contribution in [3.05, 3.63) is 53.2 Å². The first-order chi connectivity index (χ1) is 8.69. The lowest BCUT2D eigenvalue weighted by molar-refractivity contribution is 0.304. The number of hydrogen-bond donors (Lipinski definition) is 2. The Labute approximate surface area is 107 Å². The largest absolute Gasteiger partial charge is 0.489 e. The van der Waals surface area contributed by atoms with E-state index in [1.165, 1.54) is 5.56 Å². The zero-order chi connectivity index (χ0) is 13.0. The first-order valence-corrected chi connectivity index (χ1v) is 5.80. The number of ether oxygens (including phenoxy) is 1. The molecule has 0 bridgehead atoms. The fourth-order valence-electron chi connectivity index (χ4n) is 1.77. The number of nitrogen functional groups attached to an aromatic ring is 1. The van der Waals surface area contributed by atoms with Gasteiger partial charge in [0, 0.05) is 6.20 Å². The first-order valence-electron chi connectivity index (χ1n) is 5.80. The van der Waals surface area contributed by atoms with Crippen molar-refractivity contribution in [1.29, 1.82) is 0 Å². The van der Waals surface area contributed by atoms with Crippen molar-refractivity contribution in [3.63, 3.8) is 0 Å². The van der Waals surface area contributed by atoms with E-state index in [0.29, 0.717) is 12.4 Å². The van der Waals surface area contributed by atoms with Gasteiger partial charge in [-0.1, -0.05) is 17.7 Å². The van der Waals surface area contributed by atoms with Crippen LogP contribution < -0.4 is 16.0 Å². The van der Waals surface area contributed by atoms with Crippen molar-refractivity contribution >= 4 is 5.82 Å². The number of hydrogen-bond acceptors (Lipinski definition) is 4. The molecule has 0 radical (unpaired) electrons. The molecular weight excluding hydrogens is 226 g/mol. The molecule has 18 heavy (non-hydrogen) atoms. The Balaban J connectivity index is 2.06. The minimum Gasteiger partial charge on any atom is -0.489 e. The van der Waals surface area contributed by atoms with Crippen molar-refractivity contribution in [2.24, 2.45) is 5.84 Å². The number of pyridine rings is 1. The van der Waals surface area contributed by atoms with Crippen LogP contribution in [0.25, 0.3) is 0 Å². The van der Waals surface area contributed by atoms with Crippen LogP contribution in [0.15, 0.2) is 36.5 Å². The fraction of sp³-hybridized carbons (Fsp3) is 0.214. The fourth-order valence-corrected chi connectivity index (χ4v) is 1.77. The van der Waals surface area contributed by atoms with E-state index >= 15 is 0 Å². The van der Waals surface area contributed by atoms with Gasteiger partial charge in [-0.3, -0.25) is 0 Å². The van der Waals surface area contributed by atoms with Crippen LogP contribution >= 0.6 is 0 Å². The number of rotatable bonds is 4. The first kappa shape index (κ1) is 12.4. The van der Waals surface area contributed by atoms with Crippen LogP contribution in [-0.4, -0.2) is 4.98 Å². The molecule has 0 aliphatic rings. The van der Waals surface area contributed by atoms with Crippen LogP contribution in [0.5, 0.6) is 5.75 Å². The molecule has 3 N–H and O–H groups in total. The Morgan fingerprint density at radius 1 is 1.22 bits per heavy atom. The number of nitrogens with one attached hydrogen (secondary N) is 1. The monoisotopic (exact) mass is 243 g/mol. The van der Waals surface area contributed by atoms with E-state index in [2.05, 4.69) is 23.4 Å². The maximum absolute atomic E-state index is 5.78. The average molecular weight is 243 g/mol. The summed E-state index contributed by atoms with van der Waals surface area (Å²) in [7, 11) is 0. The summed E-state index contributed by atoms with van der Waals surface area (Å²) >= 11 is 0. The molecule has 0 spiro atoms. The Hall–Kier alpha value is -2.07. The van der Waals surface area contributed by atoms with Crippen molar-refractivity contribution in [1.82, 2.24) is 4.98 Å². The Morgan fingerprint density at radius 3 is 2.78 bits per heavy atom. The minimum atomic E-state index is 0.501. The van der Waals surface area contributed by atoms with Crippen LogP contribution in [0.1, 0.15) is 16.7 Å². The molecular formula is C14H17N3O. The number of nitrogens with two attached hydrogens (primary N) is 1. The molecule has 0 saturated carbocycles. The van der Waals surface area contributed by atoms with E-state index in [1.54, 1.807) is 6.20 Å². The lowest BCUT2D eigenvalue weighted by atomic mass is 10.1. The molecule has 0 unspecified atom stereocenters. The Kier molecular flexibility index (Phi) is 3.79. The molecule has 0 saturated heterocycles. The van der Waals surface area contributed by atoms with Gasteiger partial charge in [0.25, 0.3) is 0 Å². The molecule has 1 aromatic heterocycles. The standard InChI is InChI=1S/C14H17N3O/c1-10-3-4-13(11(2)7-10)18-9-12-5-6-16-14(8-12)17-15/h3-8H,9,15H2,1-2H3,(H,16,17). The summed E-state index contributed by atoms with van der Waals surface area (Å²) < 4.78 is 5.78. The van der Waals surface area contributed by atoms with Gasteiger partial charge < -0.3 is 10.2 Å². The van der Waals surface area contributed by atoms with Gasteiger partial charge in [0.1, 0.15) is 18.2 Å². The van der Waals surface area contributed by atoms with Crippen LogP contribution in [0.2, 0.25) is 0 Å². The second kappa shape index (κ2) is 5.51. The van der Waals surface area contributed by atoms with Crippen LogP contribution in [0, 0.1) is 13.8 Å². The number of anilines is 1. The molecule has 0 aliphatic heterocycles. The van der Waals surface area contributed by atoms with Crippen molar-refractivity contribution < 1.29 is 4.74 Å². The van der Waals surface area contributed by atoms with Gasteiger partial charge in [-0.05, 0) is 43.2 Å². The van der Waals surface area contributed by atoms with Crippen LogP contribution in [0.3, 0.4) is 0 Å². The van der Waals surface area contributed by atoms with Crippen molar-refractivity contribution in [2.45, 2.75) is 20.5 Å². The zero-order valence-corrected chi connectivity index (χ0v) is 10.6. The van der Waals surface area contributed by atoms with Crippen LogP contribution in [-0.2, 0) is 6.61 Å². The second-order valence-corrected chi connectivity index (χ2v) is 4.25. The smallest absolute Gasteiger partial charge is 0.140 e. The summed E-state index contributed by atoms with van der Waals surface area (Å²) in [6.45, 7) is 4.61. The topological polar surface area (TPSA) is 60.2 Å². The molecule has 0 atom stereocenters. The number of benzene rings is 1. The van der Waals surface area contributed by atoms with Crippen molar-refractivity contribution in [3.8, 4) is 5.75 Å². The average Bonchev–Trinajstić information content (AvgIpc) is 2.38. The molecule has 4 heteroatoms. The number of aryl methyl sites for hydroxylation is 2. The summed E-state index contributed by atoms with van der Waals surface area (Å²) in [5, 5.41) is 0. The zero-order valence-electron chi connectivity index (χ0n) is 10.6. The summed E-state index contributed by atoms with van der Waals surface area (Å²) in [6, 6.07) is 9.92. The van der Waals surface area contributed by atoms with Gasteiger partial charge in [0.05, 0.1) is 0 Å². The van der Waals surface area contributed by atoms with E-state index in [-0.39, 0.29) is 0 Å². The number of aromatic nitrogens is 1. The summed E-state index contributed by atoms with van der Waals surface area (Å²) in [4.78, 5) is 4.05.